The molecule has 2 bridgehead atoms. The third kappa shape index (κ3) is 5.77. The maximum absolute atomic E-state index is 13.6. The summed E-state index contributed by atoms with van der Waals surface area (Å²) < 4.78 is 28.9. The molecule has 1 N–H and O–H groups in total. The monoisotopic (exact) mass is 477 g/mol. The van der Waals surface area contributed by atoms with Gasteiger partial charge in [-0.3, -0.25) is 9.59 Å². The average Bonchev–Trinajstić information content (AvgIpc) is 2.93. The maximum atomic E-state index is 13.6. The van der Waals surface area contributed by atoms with Crippen molar-refractivity contribution in [3.05, 3.63) is 29.8 Å². The minimum absolute atomic E-state index is 0.0173. The number of likely N-dealkylation sites (N-methyl/N-ethyl adjacent to an activating group) is 1. The standard InChI is InChI=1S/C25H39N3O4S/c1-8-27(15-21(29)26-23(2,3)4)22(30)18-10-9-11-20(12-18)33(31,32)28-17-25(7)14-19(28)13-24(5,6)16-25/h9-12,19H,8,13-17H2,1-7H3,(H,26,29). The third-order valence-corrected chi connectivity index (χ3v) is 8.47. The number of sulfonamides is 1. The van der Waals surface area contributed by atoms with Gasteiger partial charge in [-0.25, -0.2) is 8.42 Å². The highest BCUT2D eigenvalue weighted by molar-refractivity contribution is 7.89. The summed E-state index contributed by atoms with van der Waals surface area (Å²) in [5.41, 5.74) is -0.0383. The van der Waals surface area contributed by atoms with Crippen LogP contribution in [0.25, 0.3) is 0 Å². The Hall–Kier alpha value is -1.93. The highest BCUT2D eigenvalue weighted by Gasteiger charge is 2.53. The topological polar surface area (TPSA) is 86.8 Å². The van der Waals surface area contributed by atoms with Crippen molar-refractivity contribution in [1.82, 2.24) is 14.5 Å². The Labute approximate surface area is 199 Å². The second-order valence-corrected chi connectivity index (χ2v) is 13.8. The predicted octanol–water partition coefficient (Wildman–Crippen LogP) is 3.65. The van der Waals surface area contributed by atoms with E-state index in [-0.39, 0.29) is 45.7 Å². The summed E-state index contributed by atoms with van der Waals surface area (Å²) in [4.78, 5) is 27.0. The van der Waals surface area contributed by atoms with Crippen LogP contribution < -0.4 is 5.32 Å². The second kappa shape index (κ2) is 8.69. The summed E-state index contributed by atoms with van der Waals surface area (Å²) in [7, 11) is -3.73. The molecule has 1 saturated heterocycles. The van der Waals surface area contributed by atoms with Crippen molar-refractivity contribution in [3.8, 4) is 0 Å². The van der Waals surface area contributed by atoms with E-state index in [4.69, 9.17) is 0 Å². The van der Waals surface area contributed by atoms with Crippen molar-refractivity contribution < 1.29 is 18.0 Å². The van der Waals surface area contributed by atoms with E-state index in [1.54, 1.807) is 29.4 Å². The van der Waals surface area contributed by atoms with E-state index in [0.717, 1.165) is 19.3 Å². The lowest BCUT2D eigenvalue weighted by Gasteiger charge is -2.39. The Morgan fingerprint density at radius 3 is 2.45 bits per heavy atom. The fraction of sp³-hybridized carbons (Fsp3) is 0.680. The molecular weight excluding hydrogens is 438 g/mol. The largest absolute Gasteiger partial charge is 0.350 e. The molecule has 1 aliphatic heterocycles. The summed E-state index contributed by atoms with van der Waals surface area (Å²) in [6.07, 6.45) is 2.72. The summed E-state index contributed by atoms with van der Waals surface area (Å²) in [6, 6.07) is 6.22. The lowest BCUT2D eigenvalue weighted by Crippen LogP contribution is -2.47. The number of nitrogens with zero attached hydrogens (tertiary/aromatic N) is 2. The normalized spacial score (nSPS) is 25.0. The molecule has 2 aliphatic rings. The van der Waals surface area contributed by atoms with Crippen molar-refractivity contribution in [1.29, 1.82) is 0 Å². The van der Waals surface area contributed by atoms with Crippen LogP contribution in [0.2, 0.25) is 0 Å². The van der Waals surface area contributed by atoms with Gasteiger partial charge in [-0.15, -0.1) is 0 Å². The number of hydrogen-bond donors (Lipinski definition) is 1. The van der Waals surface area contributed by atoms with Gasteiger partial charge in [0.1, 0.15) is 0 Å². The van der Waals surface area contributed by atoms with Crippen molar-refractivity contribution in [2.24, 2.45) is 10.8 Å². The molecule has 2 unspecified atom stereocenters. The first kappa shape index (κ1) is 25.7. The first-order valence-electron chi connectivity index (χ1n) is 11.8. The van der Waals surface area contributed by atoms with Gasteiger partial charge in [-0.2, -0.15) is 4.31 Å². The first-order valence-corrected chi connectivity index (χ1v) is 13.2. The highest BCUT2D eigenvalue weighted by Crippen LogP contribution is 2.53. The molecule has 7 nitrogen and oxygen atoms in total. The van der Waals surface area contributed by atoms with Crippen LogP contribution in [-0.4, -0.2) is 60.7 Å². The Balaban J connectivity index is 1.82. The van der Waals surface area contributed by atoms with E-state index in [1.165, 1.54) is 11.0 Å². The van der Waals surface area contributed by atoms with Crippen LogP contribution in [0.4, 0.5) is 0 Å². The van der Waals surface area contributed by atoms with E-state index in [9.17, 15) is 18.0 Å². The van der Waals surface area contributed by atoms with Gasteiger partial charge in [-0.1, -0.05) is 26.8 Å². The van der Waals surface area contributed by atoms with Gasteiger partial charge in [0.15, 0.2) is 0 Å². The fourth-order valence-electron chi connectivity index (χ4n) is 5.76. The summed E-state index contributed by atoms with van der Waals surface area (Å²) >= 11 is 0. The highest BCUT2D eigenvalue weighted by atomic mass is 32.2. The Morgan fingerprint density at radius 1 is 1.18 bits per heavy atom. The predicted molar refractivity (Wildman–Crippen MR) is 129 cm³/mol. The molecule has 1 aromatic carbocycles. The van der Waals surface area contributed by atoms with Gasteiger partial charge >= 0.3 is 0 Å². The molecule has 8 heteroatoms. The van der Waals surface area contributed by atoms with Crippen molar-refractivity contribution >= 4 is 21.8 Å². The number of carbonyl (C=O) groups is 2. The Morgan fingerprint density at radius 2 is 1.85 bits per heavy atom. The Kier molecular flexibility index (Phi) is 6.77. The van der Waals surface area contributed by atoms with Gasteiger partial charge in [0.2, 0.25) is 15.9 Å². The van der Waals surface area contributed by atoms with Gasteiger partial charge in [0.25, 0.3) is 5.91 Å². The molecule has 2 atom stereocenters. The van der Waals surface area contributed by atoms with Gasteiger partial charge in [-0.05, 0) is 76.0 Å². The van der Waals surface area contributed by atoms with Crippen LogP contribution in [0.15, 0.2) is 29.2 Å². The van der Waals surface area contributed by atoms with E-state index in [0.29, 0.717) is 13.1 Å². The molecule has 3 rings (SSSR count). The molecule has 33 heavy (non-hydrogen) atoms. The smallest absolute Gasteiger partial charge is 0.254 e. The number of nitrogens with one attached hydrogen (secondary N) is 1. The SMILES string of the molecule is CCN(CC(=O)NC(C)(C)C)C(=O)c1cccc(S(=O)(=O)N2CC3(C)CC2CC(C)(C)C3)c1. The fourth-order valence-corrected chi connectivity index (χ4v) is 7.58. The number of benzene rings is 1. The van der Waals surface area contributed by atoms with Crippen LogP contribution in [-0.2, 0) is 14.8 Å². The van der Waals surface area contributed by atoms with Crippen LogP contribution >= 0.6 is 0 Å². The minimum Gasteiger partial charge on any atom is -0.350 e. The van der Waals surface area contributed by atoms with E-state index >= 15 is 0 Å². The average molecular weight is 478 g/mol. The quantitative estimate of drug-likeness (QED) is 0.678. The second-order valence-electron chi connectivity index (χ2n) is 11.9. The number of fused-ring (bicyclic) bond motifs is 2. The summed E-state index contributed by atoms with van der Waals surface area (Å²) in [5, 5.41) is 2.86. The zero-order valence-electron chi connectivity index (χ0n) is 21.1. The molecule has 2 fully saturated rings. The van der Waals surface area contributed by atoms with Crippen LogP contribution in [0, 0.1) is 10.8 Å². The third-order valence-electron chi connectivity index (χ3n) is 6.57. The summed E-state index contributed by atoms with van der Waals surface area (Å²) in [5.74, 6) is -0.603. The number of hydrogen-bond acceptors (Lipinski definition) is 4. The molecule has 184 valence electrons. The molecule has 0 radical (unpaired) electrons. The van der Waals surface area contributed by atoms with Crippen molar-refractivity contribution in [2.75, 3.05) is 19.6 Å². The molecule has 1 aromatic rings. The van der Waals surface area contributed by atoms with Crippen molar-refractivity contribution in [2.45, 2.75) is 84.2 Å². The zero-order valence-corrected chi connectivity index (χ0v) is 21.9. The van der Waals surface area contributed by atoms with Gasteiger partial charge < -0.3 is 10.2 Å². The number of rotatable bonds is 6. The van der Waals surface area contributed by atoms with Crippen LogP contribution in [0.5, 0.6) is 0 Å². The molecular formula is C25H39N3O4S. The minimum atomic E-state index is -3.73. The van der Waals surface area contributed by atoms with Crippen LogP contribution in [0.3, 0.4) is 0 Å². The number of amides is 2. The summed E-state index contributed by atoms with van der Waals surface area (Å²) in [6.45, 7) is 14.8. The van der Waals surface area contributed by atoms with Crippen molar-refractivity contribution in [3.63, 3.8) is 0 Å². The maximum Gasteiger partial charge on any atom is 0.254 e. The van der Waals surface area contributed by atoms with E-state index in [2.05, 4.69) is 26.1 Å². The van der Waals surface area contributed by atoms with Gasteiger partial charge in [0.05, 0.1) is 11.4 Å². The molecule has 2 amide bonds. The lowest BCUT2D eigenvalue weighted by molar-refractivity contribution is -0.123. The van der Waals surface area contributed by atoms with E-state index < -0.39 is 15.6 Å². The lowest BCUT2D eigenvalue weighted by atomic mass is 9.65. The molecule has 0 aromatic heterocycles. The van der Waals surface area contributed by atoms with Crippen LogP contribution in [0.1, 0.15) is 78.1 Å². The molecule has 0 spiro atoms. The molecule has 1 saturated carbocycles. The first-order chi connectivity index (χ1) is 15.1. The van der Waals surface area contributed by atoms with Gasteiger partial charge in [0, 0.05) is 30.2 Å². The number of carbonyl (C=O) groups excluding carboxylic acids is 2. The molecule has 1 heterocycles. The zero-order chi connectivity index (χ0) is 24.8. The Bertz CT molecular complexity index is 1030. The molecule has 1 aliphatic carbocycles. The van der Waals surface area contributed by atoms with E-state index in [1.807, 2.05) is 20.8 Å².